The quantitative estimate of drug-likeness (QED) is 0.853. The molecule has 1 N–H and O–H groups in total. The summed E-state index contributed by atoms with van der Waals surface area (Å²) in [6.45, 7) is 14.5. The summed E-state index contributed by atoms with van der Waals surface area (Å²) < 4.78 is 5.29. The topological polar surface area (TPSA) is 38.3 Å². The Bertz CT molecular complexity index is 463. The average Bonchev–Trinajstić information content (AvgIpc) is 2.33. The summed E-state index contributed by atoms with van der Waals surface area (Å²) in [5, 5.41) is 3.20. The lowest BCUT2D eigenvalue weighted by molar-refractivity contribution is -0.153. The molecule has 1 atom stereocenters. The summed E-state index contributed by atoms with van der Waals surface area (Å²) in [7, 11) is 0. The van der Waals surface area contributed by atoms with Gasteiger partial charge in [0, 0.05) is 6.04 Å². The molecular weight excluding hydrogens is 262 g/mol. The molecule has 1 aromatic rings. The molecule has 0 bridgehead atoms. The lowest BCUT2D eigenvalue weighted by Gasteiger charge is -2.22. The molecule has 3 heteroatoms. The fraction of sp³-hybridized carbons (Fsp3) is 0.611. The predicted molar refractivity (Wildman–Crippen MR) is 87.4 cm³/mol. The second-order valence-electron chi connectivity index (χ2n) is 7.56. The molecule has 0 amide bonds. The minimum absolute atomic E-state index is 0.117. The summed E-state index contributed by atoms with van der Waals surface area (Å²) in [6, 6.07) is 8.66. The maximum Gasteiger partial charge on any atom is 0.320 e. The van der Waals surface area contributed by atoms with Gasteiger partial charge in [-0.05, 0) is 44.2 Å². The molecule has 1 unspecified atom stereocenters. The second kappa shape index (κ2) is 6.61. The van der Waals surface area contributed by atoms with Gasteiger partial charge in [0.15, 0.2) is 0 Å². The Kier molecular flexibility index (Phi) is 5.57. The van der Waals surface area contributed by atoms with Gasteiger partial charge in [0.2, 0.25) is 0 Å². The molecule has 1 rings (SSSR count). The monoisotopic (exact) mass is 291 g/mol. The highest BCUT2D eigenvalue weighted by Crippen LogP contribution is 2.23. The molecule has 0 saturated heterocycles. The van der Waals surface area contributed by atoms with Gasteiger partial charge in [-0.2, -0.15) is 0 Å². The first-order valence-electron chi connectivity index (χ1n) is 7.55. The number of hydrogen-bond donors (Lipinski definition) is 1. The van der Waals surface area contributed by atoms with E-state index >= 15 is 0 Å². The van der Waals surface area contributed by atoms with Crippen molar-refractivity contribution in [3.63, 3.8) is 0 Å². The molecule has 0 radical (unpaired) electrons. The molecule has 118 valence electrons. The summed E-state index contributed by atoms with van der Waals surface area (Å²) in [5.74, 6) is -0.222. The Labute approximate surface area is 129 Å². The Morgan fingerprint density at radius 1 is 1.10 bits per heavy atom. The van der Waals surface area contributed by atoms with E-state index < -0.39 is 5.60 Å². The van der Waals surface area contributed by atoms with Gasteiger partial charge >= 0.3 is 5.97 Å². The highest BCUT2D eigenvalue weighted by atomic mass is 16.6. The van der Waals surface area contributed by atoms with Crippen LogP contribution in [0.2, 0.25) is 0 Å². The van der Waals surface area contributed by atoms with Crippen LogP contribution in [-0.2, 0) is 14.9 Å². The summed E-state index contributed by atoms with van der Waals surface area (Å²) in [4.78, 5) is 11.7. The lowest BCUT2D eigenvalue weighted by Crippen LogP contribution is -2.32. The van der Waals surface area contributed by atoms with Crippen LogP contribution in [0.4, 0.5) is 0 Å². The van der Waals surface area contributed by atoms with Crippen LogP contribution in [0.15, 0.2) is 24.3 Å². The Hall–Kier alpha value is -1.35. The molecule has 0 saturated carbocycles. The summed E-state index contributed by atoms with van der Waals surface area (Å²) >= 11 is 0. The van der Waals surface area contributed by atoms with Crippen molar-refractivity contribution in [2.75, 3.05) is 6.54 Å². The minimum atomic E-state index is -0.434. The maximum atomic E-state index is 11.7. The van der Waals surface area contributed by atoms with Gasteiger partial charge in [0.25, 0.3) is 0 Å². The van der Waals surface area contributed by atoms with Gasteiger partial charge in [-0.3, -0.25) is 4.79 Å². The third-order valence-corrected chi connectivity index (χ3v) is 3.25. The van der Waals surface area contributed by atoms with Crippen molar-refractivity contribution in [3.8, 4) is 0 Å². The van der Waals surface area contributed by atoms with Crippen molar-refractivity contribution in [1.29, 1.82) is 0 Å². The van der Waals surface area contributed by atoms with E-state index in [1.54, 1.807) is 0 Å². The Morgan fingerprint density at radius 2 is 1.62 bits per heavy atom. The number of carbonyl (C=O) groups excluding carboxylic acids is 1. The first-order valence-corrected chi connectivity index (χ1v) is 7.55. The van der Waals surface area contributed by atoms with E-state index in [-0.39, 0.29) is 24.0 Å². The minimum Gasteiger partial charge on any atom is -0.459 e. The molecule has 3 nitrogen and oxygen atoms in total. The highest BCUT2D eigenvalue weighted by Gasteiger charge is 2.17. The van der Waals surface area contributed by atoms with Crippen LogP contribution < -0.4 is 5.32 Å². The third-order valence-electron chi connectivity index (χ3n) is 3.25. The molecule has 21 heavy (non-hydrogen) atoms. The van der Waals surface area contributed by atoms with E-state index in [9.17, 15) is 4.79 Å². The lowest BCUT2D eigenvalue weighted by atomic mass is 9.86. The molecule has 0 fully saturated rings. The number of hydrogen-bond acceptors (Lipinski definition) is 3. The highest BCUT2D eigenvalue weighted by molar-refractivity contribution is 5.72. The van der Waals surface area contributed by atoms with Crippen LogP contribution in [0.5, 0.6) is 0 Å². The van der Waals surface area contributed by atoms with Crippen molar-refractivity contribution < 1.29 is 9.53 Å². The van der Waals surface area contributed by atoms with Gasteiger partial charge in [0.1, 0.15) is 5.60 Å². The van der Waals surface area contributed by atoms with Crippen molar-refractivity contribution in [2.24, 2.45) is 0 Å². The third kappa shape index (κ3) is 6.30. The molecule has 0 spiro atoms. The zero-order valence-corrected chi connectivity index (χ0v) is 14.4. The molecule has 0 heterocycles. The van der Waals surface area contributed by atoms with E-state index in [0.717, 1.165) is 0 Å². The first-order chi connectivity index (χ1) is 9.49. The number of benzene rings is 1. The SMILES string of the molecule is CC(NCC(=O)OC(C)(C)C)c1ccc(C(C)(C)C)cc1. The Morgan fingerprint density at radius 3 is 2.05 bits per heavy atom. The molecule has 0 aliphatic heterocycles. The molecule has 0 aliphatic rings. The van der Waals surface area contributed by atoms with Crippen LogP contribution >= 0.6 is 0 Å². The van der Waals surface area contributed by atoms with E-state index in [0.29, 0.717) is 0 Å². The van der Waals surface area contributed by atoms with Crippen molar-refractivity contribution >= 4 is 5.97 Å². The van der Waals surface area contributed by atoms with E-state index in [4.69, 9.17) is 4.74 Å². The van der Waals surface area contributed by atoms with E-state index in [1.165, 1.54) is 11.1 Å². The van der Waals surface area contributed by atoms with Gasteiger partial charge in [-0.1, -0.05) is 45.0 Å². The zero-order valence-electron chi connectivity index (χ0n) is 14.4. The molecule has 0 aromatic heterocycles. The van der Waals surface area contributed by atoms with Crippen molar-refractivity contribution in [2.45, 2.75) is 65.5 Å². The number of nitrogens with one attached hydrogen (secondary N) is 1. The Balaban J connectivity index is 2.56. The molecular formula is C18H29NO2. The van der Waals surface area contributed by atoms with E-state index in [2.05, 4.69) is 57.3 Å². The summed E-state index contributed by atoms with van der Waals surface area (Å²) in [5.41, 5.74) is 2.21. The van der Waals surface area contributed by atoms with Crippen LogP contribution in [0, 0.1) is 0 Å². The predicted octanol–water partition coefficient (Wildman–Crippen LogP) is 3.98. The molecule has 0 aliphatic carbocycles. The number of esters is 1. The van der Waals surface area contributed by atoms with Gasteiger partial charge in [-0.25, -0.2) is 0 Å². The van der Waals surface area contributed by atoms with E-state index in [1.807, 2.05) is 20.8 Å². The number of ether oxygens (including phenoxy) is 1. The van der Waals surface area contributed by atoms with Gasteiger partial charge < -0.3 is 10.1 Å². The van der Waals surface area contributed by atoms with Crippen LogP contribution in [0.3, 0.4) is 0 Å². The van der Waals surface area contributed by atoms with Crippen molar-refractivity contribution in [3.05, 3.63) is 35.4 Å². The fourth-order valence-corrected chi connectivity index (χ4v) is 2.00. The van der Waals surface area contributed by atoms with Gasteiger partial charge in [0.05, 0.1) is 6.54 Å². The zero-order chi connectivity index (χ0) is 16.3. The smallest absolute Gasteiger partial charge is 0.320 e. The first kappa shape index (κ1) is 17.7. The van der Waals surface area contributed by atoms with Crippen LogP contribution in [0.25, 0.3) is 0 Å². The standard InChI is InChI=1S/C18H29NO2/c1-13(19-12-16(20)21-18(5,6)7)14-8-10-15(11-9-14)17(2,3)4/h8-11,13,19H,12H2,1-7H3. The molecule has 1 aromatic carbocycles. The second-order valence-corrected chi connectivity index (χ2v) is 7.56. The summed E-state index contributed by atoms with van der Waals surface area (Å²) in [6.07, 6.45) is 0. The van der Waals surface area contributed by atoms with Crippen molar-refractivity contribution in [1.82, 2.24) is 5.32 Å². The average molecular weight is 291 g/mol. The largest absolute Gasteiger partial charge is 0.459 e. The van der Waals surface area contributed by atoms with Crippen LogP contribution in [-0.4, -0.2) is 18.1 Å². The normalized spacial score (nSPS) is 13.9. The van der Waals surface area contributed by atoms with Crippen LogP contribution in [0.1, 0.15) is 65.6 Å². The number of rotatable bonds is 4. The van der Waals surface area contributed by atoms with Gasteiger partial charge in [-0.15, -0.1) is 0 Å². The maximum absolute atomic E-state index is 11.7. The number of carbonyl (C=O) groups is 1. The fourth-order valence-electron chi connectivity index (χ4n) is 2.00.